The Bertz CT molecular complexity index is 807. The van der Waals surface area contributed by atoms with E-state index in [0.29, 0.717) is 18.7 Å². The summed E-state index contributed by atoms with van der Waals surface area (Å²) in [7, 11) is 0. The third-order valence-electron chi connectivity index (χ3n) is 3.78. The Kier molecular flexibility index (Phi) is 7.42. The van der Waals surface area contributed by atoms with Crippen LogP contribution in [0.5, 0.6) is 5.75 Å². The fourth-order valence-corrected chi connectivity index (χ4v) is 2.50. The molecule has 0 heterocycles. The molecule has 2 aromatic rings. The van der Waals surface area contributed by atoms with E-state index >= 15 is 0 Å². The van der Waals surface area contributed by atoms with Crippen LogP contribution >= 0.6 is 0 Å². The van der Waals surface area contributed by atoms with Crippen LogP contribution in [-0.4, -0.2) is 17.1 Å². The maximum atomic E-state index is 12.6. The molecule has 0 aromatic heterocycles. The number of ether oxygens (including phenoxy) is 2. The highest BCUT2D eigenvalue weighted by Gasteiger charge is 2.15. The zero-order chi connectivity index (χ0) is 20.7. The normalized spacial score (nSPS) is 11.6. The van der Waals surface area contributed by atoms with Crippen molar-refractivity contribution in [1.82, 2.24) is 5.32 Å². The summed E-state index contributed by atoms with van der Waals surface area (Å²) in [5.74, 6) is -0.0829. The van der Waals surface area contributed by atoms with Crippen molar-refractivity contribution in [3.63, 3.8) is 0 Å². The van der Waals surface area contributed by atoms with E-state index in [1.54, 1.807) is 0 Å². The van der Waals surface area contributed by atoms with Gasteiger partial charge in [0.2, 0.25) is 0 Å². The Morgan fingerprint density at radius 2 is 1.82 bits per heavy atom. The van der Waals surface area contributed by atoms with Crippen molar-refractivity contribution in [3.05, 3.63) is 69.3 Å². The minimum atomic E-state index is -3.00. The first-order chi connectivity index (χ1) is 13.1. The van der Waals surface area contributed by atoms with Gasteiger partial charge in [0.25, 0.3) is 5.69 Å². The first-order valence-corrected chi connectivity index (χ1v) is 8.78. The van der Waals surface area contributed by atoms with Gasteiger partial charge in [-0.2, -0.15) is 8.78 Å². The molecule has 0 aliphatic heterocycles. The van der Waals surface area contributed by atoms with Crippen LogP contribution < -0.4 is 10.1 Å². The number of nitro groups is 1. The molecule has 0 bridgehead atoms. The SMILES string of the molecule is CC(C)(C)OCc1cccc(CNCc2cc([N+](=O)[O-])ccc2OC(F)F)c1. The molecule has 0 unspecified atom stereocenters. The first-order valence-electron chi connectivity index (χ1n) is 8.78. The molecule has 28 heavy (non-hydrogen) atoms. The van der Waals surface area contributed by atoms with Gasteiger partial charge < -0.3 is 14.8 Å². The summed E-state index contributed by atoms with van der Waals surface area (Å²) >= 11 is 0. The number of nitrogens with zero attached hydrogens (tertiary/aromatic N) is 1. The standard InChI is InChI=1S/C20H24F2N2O4/c1-20(2,3)27-13-15-6-4-5-14(9-15)11-23-12-16-10-17(24(25)26)7-8-18(16)28-19(21)22/h4-10,19,23H,11-13H2,1-3H3. The second kappa shape index (κ2) is 9.57. The summed E-state index contributed by atoms with van der Waals surface area (Å²) in [6, 6.07) is 11.4. The fraction of sp³-hybridized carbons (Fsp3) is 0.400. The monoisotopic (exact) mass is 394 g/mol. The molecule has 0 aliphatic carbocycles. The van der Waals surface area contributed by atoms with Gasteiger partial charge in [-0.15, -0.1) is 0 Å². The van der Waals surface area contributed by atoms with Gasteiger partial charge >= 0.3 is 6.61 Å². The molecule has 2 rings (SSSR count). The molecule has 0 amide bonds. The molecular weight excluding hydrogens is 370 g/mol. The van der Waals surface area contributed by atoms with E-state index in [0.717, 1.165) is 17.2 Å². The molecule has 0 atom stereocenters. The molecule has 0 fully saturated rings. The lowest BCUT2D eigenvalue weighted by Crippen LogP contribution is -2.19. The molecule has 0 saturated carbocycles. The zero-order valence-corrected chi connectivity index (χ0v) is 16.1. The van der Waals surface area contributed by atoms with Crippen LogP contribution in [0.3, 0.4) is 0 Å². The quantitative estimate of drug-likeness (QED) is 0.488. The summed E-state index contributed by atoms with van der Waals surface area (Å²) in [5, 5.41) is 14.0. The number of non-ortho nitro benzene ring substituents is 1. The third-order valence-corrected chi connectivity index (χ3v) is 3.78. The summed E-state index contributed by atoms with van der Waals surface area (Å²) < 4.78 is 35.3. The van der Waals surface area contributed by atoms with Gasteiger partial charge in [0.15, 0.2) is 0 Å². The maximum absolute atomic E-state index is 12.6. The molecule has 0 aliphatic rings. The summed E-state index contributed by atoms with van der Waals surface area (Å²) in [5.41, 5.74) is 1.88. The van der Waals surface area contributed by atoms with Gasteiger partial charge in [-0.25, -0.2) is 0 Å². The Hall–Kier alpha value is -2.58. The molecular formula is C20H24F2N2O4. The third kappa shape index (κ3) is 7.21. The lowest BCUT2D eigenvalue weighted by atomic mass is 10.1. The van der Waals surface area contributed by atoms with Crippen molar-refractivity contribution in [3.8, 4) is 5.75 Å². The average Bonchev–Trinajstić information content (AvgIpc) is 2.60. The largest absolute Gasteiger partial charge is 0.434 e. The van der Waals surface area contributed by atoms with E-state index < -0.39 is 11.5 Å². The van der Waals surface area contributed by atoms with Gasteiger partial charge in [-0.3, -0.25) is 10.1 Å². The Labute approximate surface area is 162 Å². The van der Waals surface area contributed by atoms with Gasteiger partial charge in [0, 0.05) is 30.8 Å². The minimum absolute atomic E-state index is 0.0829. The van der Waals surface area contributed by atoms with Crippen LogP contribution in [-0.2, 0) is 24.4 Å². The zero-order valence-electron chi connectivity index (χ0n) is 16.1. The number of alkyl halides is 2. The molecule has 0 saturated heterocycles. The summed E-state index contributed by atoms with van der Waals surface area (Å²) in [6.07, 6.45) is 0. The lowest BCUT2D eigenvalue weighted by molar-refractivity contribution is -0.385. The average molecular weight is 394 g/mol. The van der Waals surface area contributed by atoms with E-state index in [2.05, 4.69) is 10.1 Å². The second-order valence-corrected chi connectivity index (χ2v) is 7.25. The minimum Gasteiger partial charge on any atom is -0.434 e. The summed E-state index contributed by atoms with van der Waals surface area (Å²) in [6.45, 7) is 4.03. The van der Waals surface area contributed by atoms with Gasteiger partial charge in [-0.1, -0.05) is 24.3 Å². The van der Waals surface area contributed by atoms with Crippen LogP contribution in [0.2, 0.25) is 0 Å². The van der Waals surface area contributed by atoms with E-state index in [9.17, 15) is 18.9 Å². The van der Waals surface area contributed by atoms with Gasteiger partial charge in [-0.05, 0) is 38.0 Å². The number of halogens is 2. The molecule has 152 valence electrons. The van der Waals surface area contributed by atoms with Gasteiger partial charge in [0.1, 0.15) is 5.75 Å². The topological polar surface area (TPSA) is 73.6 Å². The van der Waals surface area contributed by atoms with Crippen molar-refractivity contribution in [2.24, 2.45) is 0 Å². The number of nitrogens with one attached hydrogen (secondary N) is 1. The van der Waals surface area contributed by atoms with E-state index in [4.69, 9.17) is 4.74 Å². The number of nitro benzene ring substituents is 1. The summed E-state index contributed by atoms with van der Waals surface area (Å²) in [4.78, 5) is 10.4. The predicted octanol–water partition coefficient (Wildman–Crippen LogP) is 4.80. The predicted molar refractivity (Wildman–Crippen MR) is 101 cm³/mol. The Balaban J connectivity index is 2.02. The molecule has 0 spiro atoms. The molecule has 1 N–H and O–H groups in total. The van der Waals surface area contributed by atoms with E-state index in [-0.39, 0.29) is 23.6 Å². The van der Waals surface area contributed by atoms with Crippen LogP contribution in [0.25, 0.3) is 0 Å². The molecule has 8 heteroatoms. The van der Waals surface area contributed by atoms with Crippen molar-refractivity contribution >= 4 is 5.69 Å². The highest BCUT2D eigenvalue weighted by molar-refractivity contribution is 5.43. The van der Waals surface area contributed by atoms with Crippen molar-refractivity contribution in [1.29, 1.82) is 0 Å². The van der Waals surface area contributed by atoms with E-state index in [1.807, 2.05) is 45.0 Å². The van der Waals surface area contributed by atoms with Crippen molar-refractivity contribution < 1.29 is 23.2 Å². The number of rotatable bonds is 9. The molecule has 2 aromatic carbocycles. The first kappa shape index (κ1) is 21.7. The van der Waals surface area contributed by atoms with Crippen molar-refractivity contribution in [2.45, 2.75) is 52.7 Å². The van der Waals surface area contributed by atoms with Crippen molar-refractivity contribution in [2.75, 3.05) is 0 Å². The number of hydrogen-bond donors (Lipinski definition) is 1. The lowest BCUT2D eigenvalue weighted by Gasteiger charge is -2.19. The van der Waals surface area contributed by atoms with E-state index in [1.165, 1.54) is 12.1 Å². The van der Waals surface area contributed by atoms with Gasteiger partial charge in [0.05, 0.1) is 17.1 Å². The smallest absolute Gasteiger partial charge is 0.387 e. The van der Waals surface area contributed by atoms with Crippen LogP contribution in [0.4, 0.5) is 14.5 Å². The number of hydrogen-bond acceptors (Lipinski definition) is 5. The van der Waals surface area contributed by atoms with Crippen LogP contribution in [0.15, 0.2) is 42.5 Å². The van der Waals surface area contributed by atoms with Crippen LogP contribution in [0.1, 0.15) is 37.5 Å². The highest BCUT2D eigenvalue weighted by Crippen LogP contribution is 2.25. The highest BCUT2D eigenvalue weighted by atomic mass is 19.3. The Morgan fingerprint density at radius 3 is 2.46 bits per heavy atom. The number of benzene rings is 2. The molecule has 6 nitrogen and oxygen atoms in total. The fourth-order valence-electron chi connectivity index (χ4n) is 2.50. The Morgan fingerprint density at radius 1 is 1.11 bits per heavy atom. The van der Waals surface area contributed by atoms with Crippen LogP contribution in [0, 0.1) is 10.1 Å². The molecule has 0 radical (unpaired) electrons. The second-order valence-electron chi connectivity index (χ2n) is 7.25. The maximum Gasteiger partial charge on any atom is 0.387 e.